The van der Waals surface area contributed by atoms with Crippen molar-refractivity contribution in [2.24, 2.45) is 11.8 Å². The van der Waals surface area contributed by atoms with E-state index in [9.17, 15) is 5.11 Å². The molecule has 116 valence electrons. The van der Waals surface area contributed by atoms with Crippen molar-refractivity contribution in [3.8, 4) is 5.88 Å². The molecule has 0 bridgehead atoms. The van der Waals surface area contributed by atoms with Crippen molar-refractivity contribution in [3.63, 3.8) is 0 Å². The van der Waals surface area contributed by atoms with E-state index in [1.807, 2.05) is 12.1 Å². The van der Waals surface area contributed by atoms with Crippen LogP contribution in [0.1, 0.15) is 51.8 Å². The zero-order valence-corrected chi connectivity index (χ0v) is 13.6. The van der Waals surface area contributed by atoms with Crippen LogP contribution in [0.4, 0.5) is 0 Å². The van der Waals surface area contributed by atoms with Gasteiger partial charge in [0.15, 0.2) is 0 Å². The highest BCUT2D eigenvalue weighted by Crippen LogP contribution is 2.27. The summed E-state index contributed by atoms with van der Waals surface area (Å²) in [7, 11) is 0. The second-order valence-corrected chi connectivity index (χ2v) is 7.10. The maximum Gasteiger partial charge on any atom is 0.213 e. The number of hydrogen-bond acceptors (Lipinski definition) is 3. The van der Waals surface area contributed by atoms with Crippen LogP contribution in [0.2, 0.25) is 0 Å². The summed E-state index contributed by atoms with van der Waals surface area (Å²) in [6, 6.07) is 3.80. The minimum absolute atomic E-state index is 0.0184. The second-order valence-electron chi connectivity index (χ2n) is 7.10. The Balaban J connectivity index is 2.10. The lowest BCUT2D eigenvalue weighted by atomic mass is 9.85. The molecule has 0 saturated carbocycles. The van der Waals surface area contributed by atoms with E-state index in [4.69, 9.17) is 4.74 Å². The van der Waals surface area contributed by atoms with E-state index in [0.29, 0.717) is 24.3 Å². The summed E-state index contributed by atoms with van der Waals surface area (Å²) < 4.78 is 5.94. The number of aliphatic hydroxyl groups is 1. The topological polar surface area (TPSA) is 42.4 Å². The van der Waals surface area contributed by atoms with Crippen LogP contribution in [0.5, 0.6) is 5.88 Å². The molecule has 1 aliphatic rings. The van der Waals surface area contributed by atoms with Crippen molar-refractivity contribution in [1.29, 1.82) is 0 Å². The van der Waals surface area contributed by atoms with Gasteiger partial charge in [-0.1, -0.05) is 39.8 Å². The summed E-state index contributed by atoms with van der Waals surface area (Å²) in [6.45, 7) is 9.34. The van der Waals surface area contributed by atoms with Crippen LogP contribution in [-0.4, -0.2) is 16.7 Å². The predicted molar refractivity (Wildman–Crippen MR) is 85.4 cm³/mol. The molecule has 1 aromatic heterocycles. The Labute approximate surface area is 128 Å². The van der Waals surface area contributed by atoms with Crippen molar-refractivity contribution in [2.75, 3.05) is 6.61 Å². The van der Waals surface area contributed by atoms with Gasteiger partial charge in [0.05, 0.1) is 18.9 Å². The number of nitrogens with zero attached hydrogens (tertiary/aromatic N) is 1. The number of pyridine rings is 1. The third kappa shape index (κ3) is 4.31. The molecule has 0 radical (unpaired) electrons. The number of allylic oxidation sites excluding steroid dienone is 2. The summed E-state index contributed by atoms with van der Waals surface area (Å²) in [5, 5.41) is 9.42. The summed E-state index contributed by atoms with van der Waals surface area (Å²) in [5.41, 5.74) is 1.77. The highest BCUT2D eigenvalue weighted by Gasteiger charge is 2.21. The van der Waals surface area contributed by atoms with Crippen molar-refractivity contribution < 1.29 is 9.84 Å². The summed E-state index contributed by atoms with van der Waals surface area (Å²) in [4.78, 5) is 4.61. The summed E-state index contributed by atoms with van der Waals surface area (Å²) >= 11 is 0. The van der Waals surface area contributed by atoms with E-state index in [0.717, 1.165) is 24.1 Å². The summed E-state index contributed by atoms with van der Waals surface area (Å²) in [6.07, 6.45) is 6.70. The average Bonchev–Trinajstić information content (AvgIpc) is 2.45. The molecule has 2 unspecified atom stereocenters. The maximum absolute atomic E-state index is 9.42. The Bertz CT molecular complexity index is 502. The number of aromatic nitrogens is 1. The van der Waals surface area contributed by atoms with Crippen LogP contribution in [0.3, 0.4) is 0 Å². The van der Waals surface area contributed by atoms with Crippen molar-refractivity contribution in [3.05, 3.63) is 35.5 Å². The van der Waals surface area contributed by atoms with E-state index in [-0.39, 0.29) is 12.0 Å². The normalized spacial score (nSPS) is 22.3. The Kier molecular flexibility index (Phi) is 5.04. The Morgan fingerprint density at radius 3 is 2.57 bits per heavy atom. The molecule has 0 saturated heterocycles. The minimum Gasteiger partial charge on any atom is -0.477 e. The average molecular weight is 289 g/mol. The Morgan fingerprint density at radius 2 is 1.95 bits per heavy atom. The molecule has 2 rings (SSSR count). The first-order valence-electron chi connectivity index (χ1n) is 7.80. The van der Waals surface area contributed by atoms with Gasteiger partial charge in [-0.05, 0) is 36.3 Å². The van der Waals surface area contributed by atoms with E-state index in [1.165, 1.54) is 0 Å². The first-order chi connectivity index (χ1) is 9.90. The largest absolute Gasteiger partial charge is 0.477 e. The number of ether oxygens (including phenoxy) is 1. The number of hydrogen-bond donors (Lipinski definition) is 1. The van der Waals surface area contributed by atoms with Gasteiger partial charge < -0.3 is 9.84 Å². The van der Waals surface area contributed by atoms with Gasteiger partial charge in [0.2, 0.25) is 5.88 Å². The standard InChI is InChI=1S/C18H27NO2/c1-13-7-5-6-8-15(13)12-21-17-10-14(11-20)9-16(19-17)18(2,3)4/h5-6,9-10,13,15,20H,7-8,11-12H2,1-4H3. The first kappa shape index (κ1) is 16.0. The third-order valence-corrected chi connectivity index (χ3v) is 4.18. The van der Waals surface area contributed by atoms with Gasteiger partial charge in [-0.2, -0.15) is 0 Å². The van der Waals surface area contributed by atoms with Gasteiger partial charge >= 0.3 is 0 Å². The van der Waals surface area contributed by atoms with Crippen molar-refractivity contribution >= 4 is 0 Å². The Morgan fingerprint density at radius 1 is 1.24 bits per heavy atom. The molecule has 1 aromatic rings. The molecule has 0 aromatic carbocycles. The molecule has 2 atom stereocenters. The number of aliphatic hydroxyl groups excluding tert-OH is 1. The molecule has 1 aliphatic carbocycles. The highest BCUT2D eigenvalue weighted by molar-refractivity contribution is 5.28. The zero-order valence-electron chi connectivity index (χ0n) is 13.6. The highest BCUT2D eigenvalue weighted by atomic mass is 16.5. The summed E-state index contributed by atoms with van der Waals surface area (Å²) in [5.74, 6) is 1.83. The molecule has 3 heteroatoms. The molecule has 3 nitrogen and oxygen atoms in total. The lowest BCUT2D eigenvalue weighted by Gasteiger charge is -2.25. The van der Waals surface area contributed by atoms with E-state index in [1.54, 1.807) is 0 Å². The first-order valence-corrected chi connectivity index (χ1v) is 7.80. The van der Waals surface area contributed by atoms with Crippen LogP contribution in [0.15, 0.2) is 24.3 Å². The lowest BCUT2D eigenvalue weighted by Crippen LogP contribution is -2.22. The van der Waals surface area contributed by atoms with Gasteiger partial charge in [-0.15, -0.1) is 0 Å². The van der Waals surface area contributed by atoms with Gasteiger partial charge in [-0.3, -0.25) is 0 Å². The fourth-order valence-electron chi connectivity index (χ4n) is 2.54. The van der Waals surface area contributed by atoms with Crippen LogP contribution >= 0.6 is 0 Å². The van der Waals surface area contributed by atoms with Gasteiger partial charge in [0.25, 0.3) is 0 Å². The molecule has 1 heterocycles. The third-order valence-electron chi connectivity index (χ3n) is 4.18. The fourth-order valence-corrected chi connectivity index (χ4v) is 2.54. The predicted octanol–water partition coefficient (Wildman–Crippen LogP) is 3.85. The quantitative estimate of drug-likeness (QED) is 0.856. The fraction of sp³-hybridized carbons (Fsp3) is 0.611. The van der Waals surface area contributed by atoms with Gasteiger partial charge in [-0.25, -0.2) is 4.98 Å². The molecular weight excluding hydrogens is 262 g/mol. The van der Waals surface area contributed by atoms with Crippen LogP contribution < -0.4 is 4.74 Å². The minimum atomic E-state index is -0.0514. The Hall–Kier alpha value is -1.35. The molecular formula is C18H27NO2. The molecule has 21 heavy (non-hydrogen) atoms. The van der Waals surface area contributed by atoms with Crippen molar-refractivity contribution in [1.82, 2.24) is 4.98 Å². The van der Waals surface area contributed by atoms with Gasteiger partial charge in [0, 0.05) is 11.5 Å². The molecule has 0 spiro atoms. The lowest BCUT2D eigenvalue weighted by molar-refractivity contribution is 0.191. The van der Waals surface area contributed by atoms with Gasteiger partial charge in [0.1, 0.15) is 0 Å². The molecule has 0 amide bonds. The van der Waals surface area contributed by atoms with Crippen LogP contribution in [0.25, 0.3) is 0 Å². The van der Waals surface area contributed by atoms with E-state index >= 15 is 0 Å². The SMILES string of the molecule is CC1CC=CCC1COc1cc(CO)cc(C(C)(C)C)n1. The monoisotopic (exact) mass is 289 g/mol. The van der Waals surface area contributed by atoms with E-state index < -0.39 is 0 Å². The van der Waals surface area contributed by atoms with E-state index in [2.05, 4.69) is 44.8 Å². The smallest absolute Gasteiger partial charge is 0.213 e. The maximum atomic E-state index is 9.42. The van der Waals surface area contributed by atoms with Crippen LogP contribution in [0, 0.1) is 11.8 Å². The second kappa shape index (κ2) is 6.61. The molecule has 0 aliphatic heterocycles. The molecule has 1 N–H and O–H groups in total. The number of rotatable bonds is 4. The molecule has 0 fully saturated rings. The zero-order chi connectivity index (χ0) is 15.5. The van der Waals surface area contributed by atoms with Crippen molar-refractivity contribution in [2.45, 2.75) is 52.6 Å². The van der Waals surface area contributed by atoms with Crippen LogP contribution in [-0.2, 0) is 12.0 Å².